The molecule has 3 aromatic rings. The number of fused-ring (bicyclic) bond motifs is 1. The molecule has 7 nitrogen and oxygen atoms in total. The third-order valence-electron chi connectivity index (χ3n) is 5.68. The van der Waals surface area contributed by atoms with Crippen LogP contribution in [0.15, 0.2) is 66.7 Å². The molecule has 0 bridgehead atoms. The number of benzene rings is 3. The van der Waals surface area contributed by atoms with Crippen molar-refractivity contribution < 1.29 is 22.4 Å². The first-order valence-corrected chi connectivity index (χ1v) is 13.4. The molecule has 0 unspecified atom stereocenters. The summed E-state index contributed by atoms with van der Waals surface area (Å²) in [6.07, 6.45) is 1.03. The number of hydrogen-bond donors (Lipinski definition) is 1. The summed E-state index contributed by atoms with van der Waals surface area (Å²) in [7, 11) is -3.88. The number of carbonyl (C=O) groups is 2. The molecule has 1 atom stereocenters. The fraction of sp³-hybridized carbons (Fsp3) is 0.333. The molecule has 0 radical (unpaired) electrons. The Morgan fingerprint density at radius 1 is 0.972 bits per heavy atom. The molecule has 9 heteroatoms. The zero-order valence-corrected chi connectivity index (χ0v) is 22.0. The standard InChI is InChI=1S/C27H32FN3O4S/c1-19(26(33)29-27(2,3)4)30(17-21-12-7-9-15-23(21)28)25(32)18-31(36(5,34)35)24-16-10-13-20-11-6-8-14-22(20)24/h6-16,19H,17-18H2,1-5H3,(H,29,33)/t19-/m1/s1. The molecule has 0 saturated carbocycles. The fourth-order valence-corrected chi connectivity index (χ4v) is 4.75. The van der Waals surface area contributed by atoms with Gasteiger partial charge in [-0.25, -0.2) is 12.8 Å². The Kier molecular flexibility index (Phi) is 8.03. The number of anilines is 1. The second-order valence-electron chi connectivity index (χ2n) is 9.80. The summed E-state index contributed by atoms with van der Waals surface area (Å²) in [6, 6.07) is 17.5. The quantitative estimate of drug-likeness (QED) is 0.492. The Morgan fingerprint density at radius 3 is 2.22 bits per heavy atom. The number of hydrogen-bond acceptors (Lipinski definition) is 4. The van der Waals surface area contributed by atoms with Crippen LogP contribution in [0, 0.1) is 5.82 Å². The van der Waals surface area contributed by atoms with Crippen molar-refractivity contribution in [3.63, 3.8) is 0 Å². The van der Waals surface area contributed by atoms with Crippen LogP contribution < -0.4 is 9.62 Å². The maximum absolute atomic E-state index is 14.5. The first kappa shape index (κ1) is 27.1. The lowest BCUT2D eigenvalue weighted by molar-refractivity contribution is -0.140. The number of nitrogens with one attached hydrogen (secondary N) is 1. The van der Waals surface area contributed by atoms with E-state index in [-0.39, 0.29) is 12.1 Å². The highest BCUT2D eigenvalue weighted by molar-refractivity contribution is 7.92. The van der Waals surface area contributed by atoms with Crippen molar-refractivity contribution in [3.8, 4) is 0 Å². The smallest absolute Gasteiger partial charge is 0.244 e. The predicted octanol–water partition coefficient (Wildman–Crippen LogP) is 4.08. The average molecular weight is 514 g/mol. The van der Waals surface area contributed by atoms with Crippen LogP contribution in [0.5, 0.6) is 0 Å². The van der Waals surface area contributed by atoms with Crippen LogP contribution in [-0.2, 0) is 26.2 Å². The third-order valence-corrected chi connectivity index (χ3v) is 6.80. The van der Waals surface area contributed by atoms with Gasteiger partial charge in [0.05, 0.1) is 11.9 Å². The Hall–Kier alpha value is -3.46. The molecule has 3 aromatic carbocycles. The highest BCUT2D eigenvalue weighted by atomic mass is 32.2. The topological polar surface area (TPSA) is 86.8 Å². The Bertz CT molecular complexity index is 1360. The molecule has 0 aliphatic rings. The Labute approximate surface area is 212 Å². The summed E-state index contributed by atoms with van der Waals surface area (Å²) in [6.45, 7) is 6.24. The lowest BCUT2D eigenvalue weighted by Crippen LogP contribution is -2.54. The molecule has 0 aliphatic carbocycles. The van der Waals surface area contributed by atoms with Crippen LogP contribution >= 0.6 is 0 Å². The SMILES string of the molecule is C[C@H](C(=O)NC(C)(C)C)N(Cc1ccccc1F)C(=O)CN(c1cccc2ccccc12)S(C)(=O)=O. The van der Waals surface area contributed by atoms with Gasteiger partial charge in [0.25, 0.3) is 0 Å². The van der Waals surface area contributed by atoms with Crippen molar-refractivity contribution in [3.05, 3.63) is 78.1 Å². The van der Waals surface area contributed by atoms with Gasteiger partial charge in [-0.3, -0.25) is 13.9 Å². The van der Waals surface area contributed by atoms with Gasteiger partial charge in [-0.1, -0.05) is 54.6 Å². The highest BCUT2D eigenvalue weighted by Crippen LogP contribution is 2.28. The monoisotopic (exact) mass is 513 g/mol. The summed E-state index contributed by atoms with van der Waals surface area (Å²) < 4.78 is 41.2. The van der Waals surface area contributed by atoms with Crippen LogP contribution in [0.4, 0.5) is 10.1 Å². The lowest BCUT2D eigenvalue weighted by atomic mass is 10.1. The van der Waals surface area contributed by atoms with E-state index in [1.54, 1.807) is 37.3 Å². The maximum atomic E-state index is 14.5. The van der Waals surface area contributed by atoms with E-state index in [0.29, 0.717) is 11.1 Å². The van der Waals surface area contributed by atoms with Crippen molar-refractivity contribution in [1.29, 1.82) is 0 Å². The largest absolute Gasteiger partial charge is 0.350 e. The van der Waals surface area contributed by atoms with Crippen molar-refractivity contribution in [2.45, 2.75) is 45.8 Å². The molecule has 192 valence electrons. The lowest BCUT2D eigenvalue weighted by Gasteiger charge is -2.33. The maximum Gasteiger partial charge on any atom is 0.244 e. The van der Waals surface area contributed by atoms with E-state index < -0.39 is 45.8 Å². The van der Waals surface area contributed by atoms with E-state index in [9.17, 15) is 22.4 Å². The molecule has 36 heavy (non-hydrogen) atoms. The number of amides is 2. The van der Waals surface area contributed by atoms with Crippen molar-refractivity contribution in [2.24, 2.45) is 0 Å². The summed E-state index contributed by atoms with van der Waals surface area (Å²) in [4.78, 5) is 27.8. The van der Waals surface area contributed by atoms with Gasteiger partial charge < -0.3 is 10.2 Å². The minimum Gasteiger partial charge on any atom is -0.350 e. The van der Waals surface area contributed by atoms with E-state index in [0.717, 1.165) is 15.9 Å². The van der Waals surface area contributed by atoms with Crippen molar-refractivity contribution in [1.82, 2.24) is 10.2 Å². The molecule has 2 amide bonds. The fourth-order valence-electron chi connectivity index (χ4n) is 3.89. The van der Waals surface area contributed by atoms with Gasteiger partial charge in [0.2, 0.25) is 21.8 Å². The van der Waals surface area contributed by atoms with Crippen molar-refractivity contribution in [2.75, 3.05) is 17.1 Å². The molecule has 1 N–H and O–H groups in total. The van der Waals surface area contributed by atoms with Gasteiger partial charge in [0, 0.05) is 23.0 Å². The van der Waals surface area contributed by atoms with Gasteiger partial charge in [-0.2, -0.15) is 0 Å². The summed E-state index contributed by atoms with van der Waals surface area (Å²) in [5.41, 5.74) is 0.0127. The first-order chi connectivity index (χ1) is 16.8. The molecule has 0 fully saturated rings. The predicted molar refractivity (Wildman–Crippen MR) is 140 cm³/mol. The number of nitrogens with zero attached hydrogens (tertiary/aromatic N) is 2. The van der Waals surface area contributed by atoms with Crippen LogP contribution in [0.25, 0.3) is 10.8 Å². The van der Waals surface area contributed by atoms with Gasteiger partial charge in [0.1, 0.15) is 18.4 Å². The molecule has 3 rings (SSSR count). The minimum atomic E-state index is -3.88. The minimum absolute atomic E-state index is 0.197. The zero-order valence-electron chi connectivity index (χ0n) is 21.2. The molecule has 0 spiro atoms. The average Bonchev–Trinajstić information content (AvgIpc) is 2.79. The van der Waals surface area contributed by atoms with Gasteiger partial charge in [0.15, 0.2) is 0 Å². The molecule has 0 heterocycles. The van der Waals surface area contributed by atoms with Gasteiger partial charge >= 0.3 is 0 Å². The van der Waals surface area contributed by atoms with E-state index in [1.165, 1.54) is 23.1 Å². The highest BCUT2D eigenvalue weighted by Gasteiger charge is 2.32. The van der Waals surface area contributed by atoms with E-state index in [2.05, 4.69) is 5.32 Å². The molecule has 0 aromatic heterocycles. The van der Waals surface area contributed by atoms with Crippen LogP contribution in [0.3, 0.4) is 0 Å². The number of carbonyl (C=O) groups excluding carboxylic acids is 2. The van der Waals surface area contributed by atoms with Gasteiger partial charge in [-0.05, 0) is 45.2 Å². The number of sulfonamides is 1. The third kappa shape index (κ3) is 6.60. The Morgan fingerprint density at radius 2 is 1.58 bits per heavy atom. The van der Waals surface area contributed by atoms with E-state index in [1.807, 2.05) is 39.0 Å². The Balaban J connectivity index is 2.01. The zero-order chi connectivity index (χ0) is 26.7. The van der Waals surface area contributed by atoms with Crippen LogP contribution in [0.2, 0.25) is 0 Å². The molecule has 0 aliphatic heterocycles. The van der Waals surface area contributed by atoms with Crippen LogP contribution in [0.1, 0.15) is 33.3 Å². The van der Waals surface area contributed by atoms with Crippen molar-refractivity contribution >= 4 is 38.3 Å². The number of rotatable bonds is 8. The first-order valence-electron chi connectivity index (χ1n) is 11.6. The second-order valence-corrected chi connectivity index (χ2v) is 11.7. The summed E-state index contributed by atoms with van der Waals surface area (Å²) >= 11 is 0. The van der Waals surface area contributed by atoms with E-state index >= 15 is 0 Å². The molecular weight excluding hydrogens is 481 g/mol. The summed E-state index contributed by atoms with van der Waals surface area (Å²) in [5.74, 6) is -1.58. The van der Waals surface area contributed by atoms with E-state index in [4.69, 9.17) is 0 Å². The normalized spacial score (nSPS) is 12.7. The number of halogens is 1. The molecule has 0 saturated heterocycles. The second kappa shape index (κ2) is 10.7. The van der Waals surface area contributed by atoms with Crippen LogP contribution in [-0.4, -0.2) is 49.5 Å². The molecular formula is C27H32FN3O4S. The summed E-state index contributed by atoms with van der Waals surface area (Å²) in [5, 5.41) is 4.32. The van der Waals surface area contributed by atoms with Gasteiger partial charge in [-0.15, -0.1) is 0 Å².